The Labute approximate surface area is 156 Å². The van der Waals surface area contributed by atoms with E-state index in [2.05, 4.69) is 10.2 Å². The maximum Gasteiger partial charge on any atom is 0.324 e. The van der Waals surface area contributed by atoms with Gasteiger partial charge in [0.15, 0.2) is 0 Å². The van der Waals surface area contributed by atoms with E-state index in [1.165, 1.54) is 0 Å². The summed E-state index contributed by atoms with van der Waals surface area (Å²) in [6, 6.07) is 13.2. The van der Waals surface area contributed by atoms with Crippen molar-refractivity contribution in [1.29, 1.82) is 0 Å². The molecule has 138 valence electrons. The first-order chi connectivity index (χ1) is 13.1. The van der Waals surface area contributed by atoms with Crippen LogP contribution in [-0.4, -0.2) is 48.4 Å². The average Bonchev–Trinajstić information content (AvgIpc) is 3.02. The van der Waals surface area contributed by atoms with Gasteiger partial charge < -0.3 is 9.64 Å². The average molecular weight is 364 g/mol. The number of anilines is 1. The third kappa shape index (κ3) is 3.01. The number of ether oxygens (including phenoxy) is 1. The third-order valence-electron chi connectivity index (χ3n) is 4.88. The van der Waals surface area contributed by atoms with Crippen molar-refractivity contribution in [2.75, 3.05) is 32.1 Å². The molecule has 1 aromatic heterocycles. The van der Waals surface area contributed by atoms with Crippen LogP contribution in [-0.2, 0) is 6.42 Å². The second-order valence-corrected chi connectivity index (χ2v) is 6.58. The predicted molar refractivity (Wildman–Crippen MR) is 104 cm³/mol. The second-order valence-electron chi connectivity index (χ2n) is 6.58. The van der Waals surface area contributed by atoms with Crippen molar-refractivity contribution in [3.8, 4) is 5.75 Å². The largest absolute Gasteiger partial charge is 0.496 e. The highest BCUT2D eigenvalue weighted by atomic mass is 16.5. The number of likely N-dealkylation sites (N-methyl/N-ethyl adjacent to an activating group) is 1. The molecule has 1 aliphatic rings. The molecule has 0 aliphatic carbocycles. The van der Waals surface area contributed by atoms with E-state index >= 15 is 0 Å². The number of benzene rings is 2. The van der Waals surface area contributed by atoms with Crippen molar-refractivity contribution in [3.63, 3.8) is 0 Å². The summed E-state index contributed by atoms with van der Waals surface area (Å²) in [6.07, 6.45) is 0.513. The van der Waals surface area contributed by atoms with Crippen LogP contribution in [0.3, 0.4) is 0 Å². The molecule has 3 aromatic rings. The van der Waals surface area contributed by atoms with Crippen molar-refractivity contribution in [3.05, 3.63) is 64.1 Å². The molecule has 1 saturated heterocycles. The van der Waals surface area contributed by atoms with Crippen LogP contribution in [0.2, 0.25) is 0 Å². The maximum absolute atomic E-state index is 12.3. The Morgan fingerprint density at radius 3 is 2.70 bits per heavy atom. The summed E-state index contributed by atoms with van der Waals surface area (Å²) in [6.45, 7) is 1.39. The predicted octanol–water partition coefficient (Wildman–Crippen LogP) is 2.39. The minimum Gasteiger partial charge on any atom is -0.496 e. The Morgan fingerprint density at radius 1 is 1.15 bits per heavy atom. The van der Waals surface area contributed by atoms with Crippen LogP contribution in [0.25, 0.3) is 10.8 Å². The van der Waals surface area contributed by atoms with Gasteiger partial charge in [-0.3, -0.25) is 9.69 Å². The van der Waals surface area contributed by atoms with Gasteiger partial charge in [-0.2, -0.15) is 5.10 Å². The number of aromatic amines is 1. The molecule has 1 N–H and O–H groups in total. The van der Waals surface area contributed by atoms with E-state index in [0.717, 1.165) is 16.9 Å². The summed E-state index contributed by atoms with van der Waals surface area (Å²) in [5, 5.41) is 8.08. The Bertz CT molecular complexity index is 1080. The van der Waals surface area contributed by atoms with Crippen molar-refractivity contribution in [1.82, 2.24) is 15.1 Å². The number of aromatic nitrogens is 2. The van der Waals surface area contributed by atoms with Crippen LogP contribution in [0, 0.1) is 0 Å². The van der Waals surface area contributed by atoms with Gasteiger partial charge in [0.25, 0.3) is 5.56 Å². The van der Waals surface area contributed by atoms with E-state index in [9.17, 15) is 9.59 Å². The number of nitrogens with zero attached hydrogens (tertiary/aromatic N) is 3. The van der Waals surface area contributed by atoms with Crippen LogP contribution in [0.15, 0.2) is 47.3 Å². The summed E-state index contributed by atoms with van der Waals surface area (Å²) in [5.41, 5.74) is 2.35. The topological polar surface area (TPSA) is 78.5 Å². The fourth-order valence-electron chi connectivity index (χ4n) is 3.46. The lowest BCUT2D eigenvalue weighted by atomic mass is 10.0. The summed E-state index contributed by atoms with van der Waals surface area (Å²) < 4.78 is 5.44. The molecule has 0 unspecified atom stereocenters. The standard InChI is InChI=1S/C20H20N4O3/c1-23-9-10-24(20(23)26)14-6-3-5-13(11-14)12-16-18-15(19(25)22-21-16)7-4-8-17(18)27-2/h3-8,11H,9-10,12H2,1-2H3,(H,22,25). The Balaban J connectivity index is 1.73. The maximum atomic E-state index is 12.3. The number of nitrogens with one attached hydrogen (secondary N) is 1. The van der Waals surface area contributed by atoms with E-state index in [4.69, 9.17) is 4.74 Å². The molecule has 27 heavy (non-hydrogen) atoms. The fourth-order valence-corrected chi connectivity index (χ4v) is 3.46. The zero-order valence-electron chi connectivity index (χ0n) is 15.2. The Morgan fingerprint density at radius 2 is 1.96 bits per heavy atom. The van der Waals surface area contributed by atoms with Crippen LogP contribution >= 0.6 is 0 Å². The van der Waals surface area contributed by atoms with E-state index in [0.29, 0.717) is 36.0 Å². The minimum atomic E-state index is -0.243. The molecular formula is C20H20N4O3. The highest BCUT2D eigenvalue weighted by Gasteiger charge is 2.26. The molecule has 7 nitrogen and oxygen atoms in total. The summed E-state index contributed by atoms with van der Waals surface area (Å²) >= 11 is 0. The molecule has 2 aromatic carbocycles. The number of carbonyl (C=O) groups excluding carboxylic acids is 1. The van der Waals surface area contributed by atoms with Gasteiger partial charge >= 0.3 is 6.03 Å². The van der Waals surface area contributed by atoms with Gasteiger partial charge in [-0.25, -0.2) is 9.89 Å². The zero-order chi connectivity index (χ0) is 19.0. The molecule has 2 heterocycles. The first-order valence-electron chi connectivity index (χ1n) is 8.74. The molecule has 0 radical (unpaired) electrons. The van der Waals surface area contributed by atoms with Gasteiger partial charge in [0.05, 0.1) is 23.6 Å². The quantitative estimate of drug-likeness (QED) is 0.771. The number of hydrogen-bond donors (Lipinski definition) is 1. The number of methoxy groups -OCH3 is 1. The lowest BCUT2D eigenvalue weighted by molar-refractivity contribution is 0.229. The molecule has 7 heteroatoms. The van der Waals surface area contributed by atoms with Crippen LogP contribution in [0.1, 0.15) is 11.3 Å². The molecule has 1 fully saturated rings. The summed E-state index contributed by atoms with van der Waals surface area (Å²) in [7, 11) is 3.38. The molecule has 4 rings (SSSR count). The van der Waals surface area contributed by atoms with Gasteiger partial charge in [0.1, 0.15) is 5.75 Å². The Hall–Kier alpha value is -3.35. The van der Waals surface area contributed by atoms with Crippen molar-refractivity contribution in [2.45, 2.75) is 6.42 Å². The SMILES string of the molecule is COc1cccc2c(=O)[nH]nc(Cc3cccc(N4CCN(C)C4=O)c3)c12. The molecule has 0 spiro atoms. The van der Waals surface area contributed by atoms with E-state index < -0.39 is 0 Å². The van der Waals surface area contributed by atoms with Gasteiger partial charge in [0, 0.05) is 32.2 Å². The molecular weight excluding hydrogens is 344 g/mol. The van der Waals surface area contributed by atoms with Crippen LogP contribution in [0.4, 0.5) is 10.5 Å². The Kier molecular flexibility index (Phi) is 4.27. The number of rotatable bonds is 4. The summed E-state index contributed by atoms with van der Waals surface area (Å²) in [4.78, 5) is 27.8. The van der Waals surface area contributed by atoms with Gasteiger partial charge in [0.2, 0.25) is 0 Å². The van der Waals surface area contributed by atoms with E-state index in [1.54, 1.807) is 36.1 Å². The second kappa shape index (κ2) is 6.75. The highest BCUT2D eigenvalue weighted by Crippen LogP contribution is 2.28. The summed E-state index contributed by atoms with van der Waals surface area (Å²) in [5.74, 6) is 0.619. The first kappa shape index (κ1) is 17.1. The van der Waals surface area contributed by atoms with E-state index in [-0.39, 0.29) is 11.6 Å². The van der Waals surface area contributed by atoms with Gasteiger partial charge in [-0.15, -0.1) is 0 Å². The number of hydrogen-bond acceptors (Lipinski definition) is 4. The smallest absolute Gasteiger partial charge is 0.324 e. The number of H-pyrrole nitrogens is 1. The van der Waals surface area contributed by atoms with Gasteiger partial charge in [-0.05, 0) is 29.8 Å². The van der Waals surface area contributed by atoms with E-state index in [1.807, 2.05) is 30.3 Å². The van der Waals surface area contributed by atoms with Crippen molar-refractivity contribution >= 4 is 22.5 Å². The van der Waals surface area contributed by atoms with Crippen LogP contribution in [0.5, 0.6) is 5.75 Å². The minimum absolute atomic E-state index is 0.00133. The van der Waals surface area contributed by atoms with Gasteiger partial charge in [-0.1, -0.05) is 18.2 Å². The third-order valence-corrected chi connectivity index (χ3v) is 4.88. The monoisotopic (exact) mass is 364 g/mol. The molecule has 1 aliphatic heterocycles. The highest BCUT2D eigenvalue weighted by molar-refractivity contribution is 5.94. The van der Waals surface area contributed by atoms with Crippen LogP contribution < -0.4 is 15.2 Å². The van der Waals surface area contributed by atoms with Crippen molar-refractivity contribution in [2.24, 2.45) is 0 Å². The lowest BCUT2D eigenvalue weighted by Crippen LogP contribution is -2.29. The number of fused-ring (bicyclic) bond motifs is 1. The lowest BCUT2D eigenvalue weighted by Gasteiger charge is -2.17. The number of amides is 2. The molecule has 2 amide bonds. The first-order valence-corrected chi connectivity index (χ1v) is 8.74. The fraction of sp³-hybridized carbons (Fsp3) is 0.250. The zero-order valence-corrected chi connectivity index (χ0v) is 15.2. The molecule has 0 bridgehead atoms. The normalized spacial score (nSPS) is 14.2. The number of urea groups is 1. The van der Waals surface area contributed by atoms with Crippen molar-refractivity contribution < 1.29 is 9.53 Å². The molecule has 0 saturated carbocycles. The number of carbonyl (C=O) groups is 1. The molecule has 0 atom stereocenters.